The zero-order chi connectivity index (χ0) is 19.9. The largest absolute Gasteiger partial charge is 0.494 e. The Morgan fingerprint density at radius 2 is 1.75 bits per heavy atom. The van der Waals surface area contributed by atoms with Gasteiger partial charge in [0.05, 0.1) is 11.5 Å². The van der Waals surface area contributed by atoms with E-state index in [1.165, 1.54) is 11.3 Å². The molecule has 1 heterocycles. The molecule has 3 rings (SSSR count). The molecule has 1 unspecified atom stereocenters. The van der Waals surface area contributed by atoms with Crippen molar-refractivity contribution >= 4 is 28.7 Å². The molecule has 0 aliphatic heterocycles. The lowest BCUT2D eigenvalue weighted by atomic mass is 10.1. The molecule has 144 valence electrons. The van der Waals surface area contributed by atoms with Crippen LogP contribution in [0.15, 0.2) is 66.0 Å². The lowest BCUT2D eigenvalue weighted by molar-refractivity contribution is 0.0872. The number of carbonyl (C=O) groups excluding carboxylic acids is 2. The van der Waals surface area contributed by atoms with E-state index in [0.717, 1.165) is 11.3 Å². The summed E-state index contributed by atoms with van der Waals surface area (Å²) in [4.78, 5) is 26.1. The van der Waals surface area contributed by atoms with Crippen LogP contribution in [0.1, 0.15) is 32.5 Å². The summed E-state index contributed by atoms with van der Waals surface area (Å²) in [7, 11) is 0. The van der Waals surface area contributed by atoms with Crippen LogP contribution >= 0.6 is 11.3 Å². The molecule has 0 fully saturated rings. The summed E-state index contributed by atoms with van der Waals surface area (Å²) in [6.45, 7) is 4.46. The van der Waals surface area contributed by atoms with Gasteiger partial charge in [0.1, 0.15) is 5.75 Å². The molecule has 6 heteroatoms. The Morgan fingerprint density at radius 1 is 1.04 bits per heavy atom. The van der Waals surface area contributed by atoms with E-state index in [1.54, 1.807) is 24.3 Å². The summed E-state index contributed by atoms with van der Waals surface area (Å²) < 4.78 is 5.44. The van der Waals surface area contributed by atoms with Gasteiger partial charge in [-0.3, -0.25) is 9.59 Å². The van der Waals surface area contributed by atoms with Crippen molar-refractivity contribution in [1.82, 2.24) is 5.32 Å². The van der Waals surface area contributed by atoms with E-state index in [0.29, 0.717) is 22.7 Å². The fraction of sp³-hybridized carbons (Fsp3) is 0.182. The van der Waals surface area contributed by atoms with Crippen molar-refractivity contribution in [1.29, 1.82) is 0 Å². The molecule has 5 nitrogen and oxygen atoms in total. The Morgan fingerprint density at radius 3 is 2.36 bits per heavy atom. The van der Waals surface area contributed by atoms with E-state index in [1.807, 2.05) is 55.6 Å². The van der Waals surface area contributed by atoms with E-state index < -0.39 is 6.17 Å². The highest BCUT2D eigenvalue weighted by molar-refractivity contribution is 7.12. The standard InChI is InChI=1S/C22H22N2O3S/c1-3-27-18-12-10-17(11-13-18)23-21(24-22(26)19-5-4-14-28-19)20(25)16-8-6-15(2)7-9-16/h4-14,21,23H,3H2,1-2H3,(H,24,26). The lowest BCUT2D eigenvalue weighted by Crippen LogP contribution is -2.46. The number of hydrogen-bond donors (Lipinski definition) is 2. The van der Waals surface area contributed by atoms with Crippen LogP contribution < -0.4 is 15.4 Å². The number of rotatable bonds is 8. The van der Waals surface area contributed by atoms with Crippen molar-refractivity contribution in [3.63, 3.8) is 0 Å². The summed E-state index contributed by atoms with van der Waals surface area (Å²) in [5, 5.41) is 7.75. The number of carbonyl (C=O) groups is 2. The second kappa shape index (κ2) is 9.19. The number of nitrogens with one attached hydrogen (secondary N) is 2. The minimum Gasteiger partial charge on any atom is -0.494 e. The van der Waals surface area contributed by atoms with Gasteiger partial charge in [-0.2, -0.15) is 0 Å². The number of Topliss-reactive ketones (excluding diaryl/α,β-unsaturated/α-hetero) is 1. The first-order valence-electron chi connectivity index (χ1n) is 9.01. The average molecular weight is 394 g/mol. The number of benzene rings is 2. The van der Waals surface area contributed by atoms with Gasteiger partial charge in [0, 0.05) is 11.3 Å². The summed E-state index contributed by atoms with van der Waals surface area (Å²) in [5.74, 6) is 0.245. The van der Waals surface area contributed by atoms with Crippen molar-refractivity contribution in [2.45, 2.75) is 20.0 Å². The summed E-state index contributed by atoms with van der Waals surface area (Å²) >= 11 is 1.33. The molecular formula is C22H22N2O3S. The Bertz CT molecular complexity index is 919. The van der Waals surface area contributed by atoms with Gasteiger partial charge in [-0.1, -0.05) is 35.9 Å². The fourth-order valence-electron chi connectivity index (χ4n) is 2.64. The highest BCUT2D eigenvalue weighted by Gasteiger charge is 2.23. The number of hydrogen-bond acceptors (Lipinski definition) is 5. The Labute approximate surface area is 168 Å². The molecule has 2 aromatic carbocycles. The minimum absolute atomic E-state index is 0.209. The fourth-order valence-corrected chi connectivity index (χ4v) is 3.27. The number of ether oxygens (including phenoxy) is 1. The summed E-state index contributed by atoms with van der Waals surface area (Å²) in [6, 6.07) is 18.1. The predicted molar refractivity (Wildman–Crippen MR) is 112 cm³/mol. The van der Waals surface area contributed by atoms with Crippen LogP contribution in [0.4, 0.5) is 5.69 Å². The van der Waals surface area contributed by atoms with Crippen molar-refractivity contribution in [2.75, 3.05) is 11.9 Å². The second-order valence-electron chi connectivity index (χ2n) is 6.22. The molecule has 0 aliphatic carbocycles. The maximum atomic E-state index is 13.0. The molecule has 1 aromatic heterocycles. The molecule has 0 bridgehead atoms. The first-order valence-corrected chi connectivity index (χ1v) is 9.89. The molecule has 1 amide bonds. The van der Waals surface area contributed by atoms with Crippen molar-refractivity contribution in [3.8, 4) is 5.75 Å². The third-order valence-corrected chi connectivity index (χ3v) is 4.96. The van der Waals surface area contributed by atoms with Crippen LogP contribution in [0.5, 0.6) is 5.75 Å². The molecule has 2 N–H and O–H groups in total. The van der Waals surface area contributed by atoms with Gasteiger partial charge >= 0.3 is 0 Å². The van der Waals surface area contributed by atoms with Crippen LogP contribution in [-0.4, -0.2) is 24.5 Å². The Kier molecular flexibility index (Phi) is 6.45. The monoisotopic (exact) mass is 394 g/mol. The molecule has 0 radical (unpaired) electrons. The molecule has 1 atom stereocenters. The Hall–Kier alpha value is -3.12. The second-order valence-corrected chi connectivity index (χ2v) is 7.16. The van der Waals surface area contributed by atoms with Gasteiger partial charge in [-0.05, 0) is 49.6 Å². The highest BCUT2D eigenvalue weighted by atomic mass is 32.1. The van der Waals surface area contributed by atoms with E-state index in [9.17, 15) is 9.59 Å². The first-order chi connectivity index (χ1) is 13.6. The molecule has 3 aromatic rings. The third kappa shape index (κ3) is 4.98. The van der Waals surface area contributed by atoms with E-state index >= 15 is 0 Å². The van der Waals surface area contributed by atoms with Gasteiger partial charge in [-0.15, -0.1) is 11.3 Å². The van der Waals surface area contributed by atoms with Gasteiger partial charge in [0.2, 0.25) is 5.78 Å². The van der Waals surface area contributed by atoms with Crippen molar-refractivity contribution in [2.24, 2.45) is 0 Å². The smallest absolute Gasteiger partial charge is 0.263 e. The third-order valence-electron chi connectivity index (χ3n) is 4.09. The van der Waals surface area contributed by atoms with E-state index in [-0.39, 0.29) is 11.7 Å². The molecular weight excluding hydrogens is 372 g/mol. The summed E-state index contributed by atoms with van der Waals surface area (Å²) in [6.07, 6.45) is -0.893. The van der Waals surface area contributed by atoms with Crippen LogP contribution in [0, 0.1) is 6.92 Å². The SMILES string of the molecule is CCOc1ccc(NC(NC(=O)c2cccs2)C(=O)c2ccc(C)cc2)cc1. The van der Waals surface area contributed by atoms with Crippen LogP contribution in [0.3, 0.4) is 0 Å². The van der Waals surface area contributed by atoms with Crippen LogP contribution in [0.25, 0.3) is 0 Å². The number of aryl methyl sites for hydroxylation is 1. The van der Waals surface area contributed by atoms with Crippen molar-refractivity contribution in [3.05, 3.63) is 82.0 Å². The highest BCUT2D eigenvalue weighted by Crippen LogP contribution is 2.18. The van der Waals surface area contributed by atoms with Crippen LogP contribution in [0.2, 0.25) is 0 Å². The number of amides is 1. The maximum absolute atomic E-state index is 13.0. The molecule has 0 aliphatic rings. The van der Waals surface area contributed by atoms with E-state index in [4.69, 9.17) is 4.74 Å². The quantitative estimate of drug-likeness (QED) is 0.436. The number of thiophene rings is 1. The number of anilines is 1. The lowest BCUT2D eigenvalue weighted by Gasteiger charge is -2.20. The predicted octanol–water partition coefficient (Wildman–Crippen LogP) is 4.51. The van der Waals surface area contributed by atoms with Gasteiger partial charge in [0.15, 0.2) is 6.17 Å². The molecule has 0 spiro atoms. The van der Waals surface area contributed by atoms with Crippen molar-refractivity contribution < 1.29 is 14.3 Å². The van der Waals surface area contributed by atoms with Gasteiger partial charge in [-0.25, -0.2) is 0 Å². The first kappa shape index (κ1) is 19.6. The normalized spacial score (nSPS) is 11.5. The molecule has 0 saturated heterocycles. The van der Waals surface area contributed by atoms with Crippen LogP contribution in [-0.2, 0) is 0 Å². The topological polar surface area (TPSA) is 67.4 Å². The summed E-state index contributed by atoms with van der Waals surface area (Å²) in [5.41, 5.74) is 2.30. The van der Waals surface area contributed by atoms with Gasteiger partial charge < -0.3 is 15.4 Å². The van der Waals surface area contributed by atoms with E-state index in [2.05, 4.69) is 10.6 Å². The maximum Gasteiger partial charge on any atom is 0.263 e. The zero-order valence-corrected chi connectivity index (χ0v) is 16.6. The average Bonchev–Trinajstić information content (AvgIpc) is 3.24. The molecule has 0 saturated carbocycles. The number of ketones is 1. The Balaban J connectivity index is 1.81. The zero-order valence-electron chi connectivity index (χ0n) is 15.8. The van der Waals surface area contributed by atoms with Gasteiger partial charge in [0.25, 0.3) is 5.91 Å². The molecule has 28 heavy (non-hydrogen) atoms. The minimum atomic E-state index is -0.893.